The number of nitrogens with zero attached hydrogens (tertiary/aromatic N) is 4. The van der Waals surface area contributed by atoms with E-state index in [1.807, 2.05) is 0 Å². The van der Waals surface area contributed by atoms with Crippen molar-refractivity contribution in [1.82, 2.24) is 20.1 Å². The van der Waals surface area contributed by atoms with Crippen molar-refractivity contribution in [2.24, 2.45) is 11.5 Å². The summed E-state index contributed by atoms with van der Waals surface area (Å²) in [5.41, 5.74) is 11.7. The second-order valence-corrected chi connectivity index (χ2v) is 6.23. The molecule has 0 unspecified atom stereocenters. The highest BCUT2D eigenvalue weighted by molar-refractivity contribution is 6.07. The average Bonchev–Trinajstić information content (AvgIpc) is 3.16. The van der Waals surface area contributed by atoms with E-state index >= 15 is 0 Å². The summed E-state index contributed by atoms with van der Waals surface area (Å²) in [6.45, 7) is 0.183. The first kappa shape index (κ1) is 18.9. The largest absolute Gasteiger partial charge is 0.366 e. The molecule has 4 rings (SSSR count). The summed E-state index contributed by atoms with van der Waals surface area (Å²) < 4.78 is 18.7. The summed E-state index contributed by atoms with van der Waals surface area (Å²) >= 11 is 0. The van der Waals surface area contributed by atoms with Gasteiger partial charge in [0.1, 0.15) is 11.3 Å². The van der Waals surface area contributed by atoms with E-state index in [1.165, 1.54) is 18.2 Å². The van der Waals surface area contributed by atoms with E-state index < -0.39 is 11.8 Å². The summed E-state index contributed by atoms with van der Waals surface area (Å²) in [6.07, 6.45) is 0. The number of nitrogens with one attached hydrogen (secondary N) is 1. The molecule has 30 heavy (non-hydrogen) atoms. The maximum atomic E-state index is 13.4. The van der Waals surface area contributed by atoms with Crippen molar-refractivity contribution in [3.05, 3.63) is 65.2 Å². The number of carbonyl (C=O) groups is 2. The molecule has 10 nitrogen and oxygen atoms in total. The number of hydrogen-bond acceptors (Lipinski definition) is 8. The Balaban J connectivity index is 1.75. The summed E-state index contributed by atoms with van der Waals surface area (Å²) in [4.78, 5) is 35.5. The molecule has 0 fully saturated rings. The second kappa shape index (κ2) is 7.54. The number of anilines is 1. The zero-order chi connectivity index (χ0) is 21.3. The predicted octanol–water partition coefficient (Wildman–Crippen LogP) is 1.63. The normalized spacial score (nSPS) is 10.8. The fourth-order valence-corrected chi connectivity index (χ4v) is 2.82. The third kappa shape index (κ3) is 3.63. The van der Waals surface area contributed by atoms with Crippen LogP contribution in [0.5, 0.6) is 0 Å². The monoisotopic (exact) mass is 407 g/mol. The first-order valence-electron chi connectivity index (χ1n) is 8.65. The average molecular weight is 407 g/mol. The Morgan fingerprint density at radius 1 is 1.03 bits per heavy atom. The van der Waals surface area contributed by atoms with Crippen molar-refractivity contribution in [2.75, 3.05) is 5.32 Å². The summed E-state index contributed by atoms with van der Waals surface area (Å²) in [5.74, 6) is -2.15. The lowest BCUT2D eigenvalue weighted by atomic mass is 10.1. The zero-order valence-electron chi connectivity index (χ0n) is 15.3. The highest BCUT2D eigenvalue weighted by Gasteiger charge is 2.20. The molecule has 0 bridgehead atoms. The van der Waals surface area contributed by atoms with E-state index in [2.05, 4.69) is 25.4 Å². The Morgan fingerprint density at radius 3 is 2.57 bits per heavy atom. The van der Waals surface area contributed by atoms with Crippen molar-refractivity contribution in [3.63, 3.8) is 0 Å². The molecule has 2 aromatic heterocycles. The Morgan fingerprint density at radius 2 is 1.83 bits per heavy atom. The van der Waals surface area contributed by atoms with E-state index in [9.17, 15) is 14.0 Å². The fraction of sp³-hybridized carbons (Fsp3) is 0.0526. The highest BCUT2D eigenvalue weighted by atomic mass is 19.1. The van der Waals surface area contributed by atoms with Crippen LogP contribution in [0.3, 0.4) is 0 Å². The molecule has 0 aliphatic rings. The smallest absolute Gasteiger partial charge is 0.286 e. The van der Waals surface area contributed by atoms with Crippen LogP contribution in [0.15, 0.2) is 47.0 Å². The van der Waals surface area contributed by atoms with Crippen LogP contribution < -0.4 is 16.8 Å². The Bertz CT molecular complexity index is 1290. The number of fused-ring (bicyclic) bond motifs is 1. The van der Waals surface area contributed by atoms with Crippen LogP contribution in [0.1, 0.15) is 26.5 Å². The van der Waals surface area contributed by atoms with Crippen LogP contribution >= 0.6 is 0 Å². The number of hydrogen-bond donors (Lipinski definition) is 3. The number of primary amides is 2. The number of halogens is 1. The van der Waals surface area contributed by atoms with Crippen molar-refractivity contribution in [1.29, 1.82) is 0 Å². The molecule has 0 radical (unpaired) electrons. The molecule has 2 heterocycles. The molecular formula is C19H14FN7O3. The summed E-state index contributed by atoms with van der Waals surface area (Å²) in [6, 6.07) is 10.7. The van der Waals surface area contributed by atoms with Gasteiger partial charge >= 0.3 is 0 Å². The lowest BCUT2D eigenvalue weighted by molar-refractivity contribution is 0.0986. The molecule has 4 aromatic rings. The third-order valence-electron chi connectivity index (χ3n) is 4.17. The number of amides is 2. The van der Waals surface area contributed by atoms with E-state index in [-0.39, 0.29) is 46.8 Å². The van der Waals surface area contributed by atoms with Crippen molar-refractivity contribution >= 4 is 28.7 Å². The standard InChI is InChI=1S/C19H14FN7O3/c20-10-4-1-3-9(7-10)8-23-19-25-17(24-18(26-19)16(22)29)14-11-5-2-6-12(15(21)28)13(11)27-30-14/h1-7H,8H2,(H2,21,28)(H2,22,29)(H,23,24,25,26). The van der Waals surface area contributed by atoms with Crippen LogP contribution in [0.25, 0.3) is 22.5 Å². The van der Waals surface area contributed by atoms with Crippen molar-refractivity contribution < 1.29 is 18.5 Å². The molecule has 0 saturated heterocycles. The van der Waals surface area contributed by atoms with Crippen LogP contribution in [0.2, 0.25) is 0 Å². The quantitative estimate of drug-likeness (QED) is 0.434. The van der Waals surface area contributed by atoms with Gasteiger partial charge in [-0.15, -0.1) is 0 Å². The summed E-state index contributed by atoms with van der Waals surface area (Å²) in [7, 11) is 0. The van der Waals surface area contributed by atoms with E-state index in [1.54, 1.807) is 24.3 Å². The maximum Gasteiger partial charge on any atom is 0.286 e. The van der Waals surface area contributed by atoms with Gasteiger partial charge in [-0.05, 0) is 29.8 Å². The minimum Gasteiger partial charge on any atom is -0.366 e. The molecule has 0 spiro atoms. The van der Waals surface area contributed by atoms with Gasteiger partial charge in [0.2, 0.25) is 23.4 Å². The van der Waals surface area contributed by atoms with Crippen LogP contribution in [-0.4, -0.2) is 31.9 Å². The second-order valence-electron chi connectivity index (χ2n) is 6.23. The zero-order valence-corrected chi connectivity index (χ0v) is 15.3. The molecule has 150 valence electrons. The van der Waals surface area contributed by atoms with Gasteiger partial charge in [-0.2, -0.15) is 9.97 Å². The van der Waals surface area contributed by atoms with Gasteiger partial charge in [0.05, 0.1) is 10.9 Å². The predicted molar refractivity (Wildman–Crippen MR) is 104 cm³/mol. The Kier molecular flexibility index (Phi) is 4.76. The lowest BCUT2D eigenvalue weighted by Crippen LogP contribution is -2.18. The molecule has 0 atom stereocenters. The maximum absolute atomic E-state index is 13.4. The van der Waals surface area contributed by atoms with Gasteiger partial charge in [-0.25, -0.2) is 9.37 Å². The SMILES string of the molecule is NC(=O)c1nc(NCc2cccc(F)c2)nc(-c2onc3c(C(N)=O)cccc23)n1. The molecule has 0 aliphatic carbocycles. The van der Waals surface area contributed by atoms with Gasteiger partial charge in [0.25, 0.3) is 11.8 Å². The van der Waals surface area contributed by atoms with Crippen LogP contribution in [0.4, 0.5) is 10.3 Å². The minimum atomic E-state index is -0.880. The highest BCUT2D eigenvalue weighted by Crippen LogP contribution is 2.28. The number of carbonyl (C=O) groups excluding carboxylic acids is 2. The van der Waals surface area contributed by atoms with Crippen LogP contribution in [0, 0.1) is 5.82 Å². The topological polar surface area (TPSA) is 163 Å². The first-order chi connectivity index (χ1) is 14.4. The number of nitrogens with two attached hydrogens (primary N) is 2. The first-order valence-corrected chi connectivity index (χ1v) is 8.65. The molecule has 11 heteroatoms. The number of benzene rings is 2. The Hall–Kier alpha value is -4.41. The molecule has 2 aromatic carbocycles. The van der Waals surface area contributed by atoms with E-state index in [4.69, 9.17) is 16.0 Å². The van der Waals surface area contributed by atoms with Crippen LogP contribution in [-0.2, 0) is 6.54 Å². The third-order valence-corrected chi connectivity index (χ3v) is 4.17. The van der Waals surface area contributed by atoms with Gasteiger partial charge in [0.15, 0.2) is 0 Å². The van der Waals surface area contributed by atoms with Gasteiger partial charge in [-0.1, -0.05) is 23.4 Å². The molecule has 5 N–H and O–H groups in total. The van der Waals surface area contributed by atoms with E-state index in [0.29, 0.717) is 10.9 Å². The van der Waals surface area contributed by atoms with Crippen molar-refractivity contribution in [2.45, 2.75) is 6.54 Å². The molecular weight excluding hydrogens is 393 g/mol. The molecule has 0 aliphatic heterocycles. The van der Waals surface area contributed by atoms with Gasteiger partial charge in [-0.3, -0.25) is 9.59 Å². The van der Waals surface area contributed by atoms with E-state index in [0.717, 1.165) is 0 Å². The number of aromatic nitrogens is 4. The number of rotatable bonds is 6. The fourth-order valence-electron chi connectivity index (χ4n) is 2.82. The minimum absolute atomic E-state index is 0.0219. The van der Waals surface area contributed by atoms with Gasteiger partial charge in [0, 0.05) is 6.54 Å². The lowest BCUT2D eigenvalue weighted by Gasteiger charge is -2.07. The molecule has 0 saturated carbocycles. The summed E-state index contributed by atoms with van der Waals surface area (Å²) in [5, 5.41) is 7.18. The molecule has 2 amide bonds. The Labute approximate surface area is 168 Å². The van der Waals surface area contributed by atoms with Crippen molar-refractivity contribution in [3.8, 4) is 11.6 Å². The van der Waals surface area contributed by atoms with Gasteiger partial charge < -0.3 is 21.3 Å².